The molecular weight excluding hydrogens is 376 g/mol. The number of rotatable bonds is 1. The topological polar surface area (TPSA) is 74.6 Å². The molecule has 1 aromatic carbocycles. The van der Waals surface area contributed by atoms with E-state index in [1.807, 2.05) is 12.0 Å². The summed E-state index contributed by atoms with van der Waals surface area (Å²) in [6.07, 6.45) is 11.0. The largest absolute Gasteiger partial charge is 0.503 e. The lowest BCUT2D eigenvalue weighted by atomic mass is 9.62. The molecule has 158 valence electrons. The molecule has 4 rings (SSSR count). The smallest absolute Gasteiger partial charge is 0.450 e. The normalized spacial score (nSPS) is 22.9. The monoisotopic (exact) mass is 406 g/mol. The maximum Gasteiger partial charge on any atom is 0.503 e. The summed E-state index contributed by atoms with van der Waals surface area (Å²) in [5, 5.41) is 13.9. The zero-order chi connectivity index (χ0) is 22.1. The van der Waals surface area contributed by atoms with Crippen LogP contribution in [0.4, 0.5) is 4.79 Å². The van der Waals surface area contributed by atoms with Crippen LogP contribution in [-0.2, 0) is 15.6 Å². The number of carboxylic acid groups (broad SMARTS) is 2. The SMILES string of the molecule is CC1(C)CCC(C)(C)c2cc(C3=CC=C4CC(=C=O)C=CC4C3)ccc21.O=C(O)O. The molecule has 1 aromatic rings. The van der Waals surface area contributed by atoms with Gasteiger partial charge in [-0.05, 0) is 52.4 Å². The van der Waals surface area contributed by atoms with Crippen LogP contribution in [0.1, 0.15) is 70.1 Å². The molecular formula is C26H30O4. The number of hydrogen-bond acceptors (Lipinski definition) is 2. The second-order valence-electron chi connectivity index (χ2n) is 9.72. The fourth-order valence-electron chi connectivity index (χ4n) is 4.73. The van der Waals surface area contributed by atoms with E-state index in [0.717, 1.165) is 18.4 Å². The van der Waals surface area contributed by atoms with Crippen LogP contribution >= 0.6 is 0 Å². The third-order valence-electron chi connectivity index (χ3n) is 6.69. The summed E-state index contributed by atoms with van der Waals surface area (Å²) in [4.78, 5) is 19.5. The van der Waals surface area contributed by atoms with Crippen molar-refractivity contribution in [3.8, 4) is 0 Å². The summed E-state index contributed by atoms with van der Waals surface area (Å²) in [5.41, 5.74) is 8.41. The van der Waals surface area contributed by atoms with Crippen LogP contribution in [0.15, 0.2) is 53.6 Å². The molecule has 0 heterocycles. The second kappa shape index (κ2) is 8.12. The fourth-order valence-corrected chi connectivity index (χ4v) is 4.73. The van der Waals surface area contributed by atoms with Gasteiger partial charge in [-0.2, -0.15) is 0 Å². The molecule has 30 heavy (non-hydrogen) atoms. The second-order valence-corrected chi connectivity index (χ2v) is 9.72. The van der Waals surface area contributed by atoms with Crippen molar-refractivity contribution < 1.29 is 19.8 Å². The number of allylic oxidation sites excluding steroid dienone is 7. The Labute approximate surface area is 178 Å². The van der Waals surface area contributed by atoms with E-state index in [1.165, 1.54) is 40.7 Å². The van der Waals surface area contributed by atoms with Crippen molar-refractivity contribution in [3.63, 3.8) is 0 Å². The van der Waals surface area contributed by atoms with E-state index in [4.69, 9.17) is 15.0 Å². The molecule has 3 aliphatic carbocycles. The van der Waals surface area contributed by atoms with Crippen LogP contribution in [0.2, 0.25) is 0 Å². The van der Waals surface area contributed by atoms with Gasteiger partial charge in [-0.15, -0.1) is 0 Å². The lowest BCUT2D eigenvalue weighted by Gasteiger charge is -2.42. The highest BCUT2D eigenvalue weighted by Gasteiger charge is 2.37. The first-order valence-corrected chi connectivity index (χ1v) is 10.4. The lowest BCUT2D eigenvalue weighted by Crippen LogP contribution is -2.33. The van der Waals surface area contributed by atoms with E-state index < -0.39 is 6.16 Å². The van der Waals surface area contributed by atoms with Crippen LogP contribution in [0, 0.1) is 5.92 Å². The van der Waals surface area contributed by atoms with Crippen molar-refractivity contribution in [1.82, 2.24) is 0 Å². The van der Waals surface area contributed by atoms with Gasteiger partial charge in [0.15, 0.2) is 0 Å². The quantitative estimate of drug-likeness (QED) is 0.536. The van der Waals surface area contributed by atoms with Crippen LogP contribution in [-0.4, -0.2) is 22.3 Å². The molecule has 0 saturated carbocycles. The minimum Gasteiger partial charge on any atom is -0.450 e. The number of hydrogen-bond donors (Lipinski definition) is 2. The molecule has 3 aliphatic rings. The highest BCUT2D eigenvalue weighted by Crippen LogP contribution is 2.47. The fraction of sp³-hybridized carbons (Fsp3) is 0.423. The Balaban J connectivity index is 0.000000589. The highest BCUT2D eigenvalue weighted by atomic mass is 16.6. The molecule has 4 nitrogen and oxygen atoms in total. The van der Waals surface area contributed by atoms with Gasteiger partial charge in [0.2, 0.25) is 0 Å². The van der Waals surface area contributed by atoms with Gasteiger partial charge in [0.1, 0.15) is 5.94 Å². The third kappa shape index (κ3) is 4.49. The number of benzene rings is 1. The molecule has 1 atom stereocenters. The predicted octanol–water partition coefficient (Wildman–Crippen LogP) is 6.31. The van der Waals surface area contributed by atoms with E-state index in [0.29, 0.717) is 5.92 Å². The number of carbonyl (C=O) groups excluding carboxylic acids is 1. The molecule has 0 saturated heterocycles. The van der Waals surface area contributed by atoms with Crippen molar-refractivity contribution in [1.29, 1.82) is 0 Å². The first-order chi connectivity index (χ1) is 14.0. The molecule has 0 aromatic heterocycles. The van der Waals surface area contributed by atoms with Crippen LogP contribution in [0.25, 0.3) is 5.57 Å². The summed E-state index contributed by atoms with van der Waals surface area (Å²) in [5.74, 6) is 2.47. The first kappa shape index (κ1) is 21.9. The molecule has 0 bridgehead atoms. The van der Waals surface area contributed by atoms with Gasteiger partial charge in [-0.3, -0.25) is 0 Å². The summed E-state index contributed by atoms with van der Waals surface area (Å²) < 4.78 is 0. The van der Waals surface area contributed by atoms with Gasteiger partial charge in [-0.1, -0.05) is 75.8 Å². The number of carbonyl (C=O) groups is 1. The summed E-state index contributed by atoms with van der Waals surface area (Å²) in [6, 6.07) is 7.13. The van der Waals surface area contributed by atoms with Gasteiger partial charge in [0.25, 0.3) is 0 Å². The van der Waals surface area contributed by atoms with E-state index >= 15 is 0 Å². The molecule has 0 spiro atoms. The van der Waals surface area contributed by atoms with Crippen molar-refractivity contribution >= 4 is 17.7 Å². The molecule has 0 amide bonds. The van der Waals surface area contributed by atoms with E-state index in [1.54, 1.807) is 0 Å². The minimum atomic E-state index is -1.83. The standard InChI is InChI=1S/C25H28O.CH2O3/c1-24(2)11-12-25(3,4)23-15-21(9-10-22(23)24)20-8-7-18-13-17(16-26)5-6-19(18)14-20;2-1(3)4/h5-10,15,19H,11-14H2,1-4H3;(H2,2,3,4). The average Bonchev–Trinajstić information content (AvgIpc) is 2.70. The Kier molecular flexibility index (Phi) is 5.92. The maximum atomic E-state index is 10.9. The summed E-state index contributed by atoms with van der Waals surface area (Å²) in [6.45, 7) is 9.52. The van der Waals surface area contributed by atoms with Crippen LogP contribution in [0.5, 0.6) is 0 Å². The zero-order valence-corrected chi connectivity index (χ0v) is 18.2. The van der Waals surface area contributed by atoms with Gasteiger partial charge in [0.05, 0.1) is 0 Å². The van der Waals surface area contributed by atoms with Crippen molar-refractivity contribution in [3.05, 3.63) is 70.3 Å². The maximum absolute atomic E-state index is 10.9. The molecule has 1 unspecified atom stereocenters. The molecule has 0 aliphatic heterocycles. The van der Waals surface area contributed by atoms with E-state index in [-0.39, 0.29) is 10.8 Å². The van der Waals surface area contributed by atoms with Crippen molar-refractivity contribution in [2.75, 3.05) is 0 Å². The first-order valence-electron chi connectivity index (χ1n) is 10.4. The Bertz CT molecular complexity index is 994. The highest BCUT2D eigenvalue weighted by molar-refractivity contribution is 5.72. The Morgan fingerprint density at radius 2 is 1.67 bits per heavy atom. The van der Waals surface area contributed by atoms with Crippen LogP contribution < -0.4 is 0 Å². The molecule has 0 fully saturated rings. The van der Waals surface area contributed by atoms with E-state index in [9.17, 15) is 4.79 Å². The minimum absolute atomic E-state index is 0.242. The van der Waals surface area contributed by atoms with Gasteiger partial charge >= 0.3 is 6.16 Å². The lowest BCUT2D eigenvalue weighted by molar-refractivity contribution is 0.137. The van der Waals surface area contributed by atoms with Gasteiger partial charge < -0.3 is 10.2 Å². The zero-order valence-electron chi connectivity index (χ0n) is 18.2. The Morgan fingerprint density at radius 1 is 1.03 bits per heavy atom. The van der Waals surface area contributed by atoms with Crippen molar-refractivity contribution in [2.45, 2.75) is 64.2 Å². The van der Waals surface area contributed by atoms with E-state index in [2.05, 4.69) is 64.1 Å². The summed E-state index contributed by atoms with van der Waals surface area (Å²) >= 11 is 0. The summed E-state index contributed by atoms with van der Waals surface area (Å²) in [7, 11) is 0. The van der Waals surface area contributed by atoms with Gasteiger partial charge in [0, 0.05) is 17.9 Å². The molecule has 0 radical (unpaired) electrons. The molecule has 2 N–H and O–H groups in total. The average molecular weight is 407 g/mol. The number of fused-ring (bicyclic) bond motifs is 2. The Hall–Kier alpha value is -2.84. The van der Waals surface area contributed by atoms with Gasteiger partial charge in [-0.25, -0.2) is 9.59 Å². The van der Waals surface area contributed by atoms with Crippen molar-refractivity contribution in [2.24, 2.45) is 5.92 Å². The van der Waals surface area contributed by atoms with Crippen LogP contribution in [0.3, 0.4) is 0 Å². The molecule has 4 heteroatoms. The third-order valence-corrected chi connectivity index (χ3v) is 6.69. The predicted molar refractivity (Wildman–Crippen MR) is 120 cm³/mol. The Morgan fingerprint density at radius 3 is 2.30 bits per heavy atom.